The Hall–Kier alpha value is -2.38. The van der Waals surface area contributed by atoms with Crippen LogP contribution in [0.3, 0.4) is 0 Å². The van der Waals surface area contributed by atoms with E-state index in [-0.39, 0.29) is 11.9 Å². The van der Waals surface area contributed by atoms with Crippen LogP contribution in [-0.2, 0) is 9.53 Å². The number of rotatable bonds is 10. The summed E-state index contributed by atoms with van der Waals surface area (Å²) in [7, 11) is 7.81. The van der Waals surface area contributed by atoms with Crippen molar-refractivity contribution in [3.63, 3.8) is 0 Å². The topological polar surface area (TPSA) is 82.9 Å². The average Bonchev–Trinajstić information content (AvgIpc) is 3.35. The van der Waals surface area contributed by atoms with Crippen molar-refractivity contribution in [2.45, 2.75) is 53.0 Å². The second-order valence-corrected chi connectivity index (χ2v) is 8.73. The van der Waals surface area contributed by atoms with Gasteiger partial charge in [0.25, 0.3) is 0 Å². The van der Waals surface area contributed by atoms with Crippen molar-refractivity contribution in [3.05, 3.63) is 5.56 Å². The van der Waals surface area contributed by atoms with Gasteiger partial charge >= 0.3 is 5.97 Å². The fraction of sp³-hybridized carbons (Fsp3) is 0.727. The molecule has 1 aliphatic rings. The quantitative estimate of drug-likeness (QED) is 0.353. The van der Waals surface area contributed by atoms with Crippen LogP contribution in [0.25, 0.3) is 0 Å². The zero-order valence-electron chi connectivity index (χ0n) is 19.9. The van der Waals surface area contributed by atoms with Crippen LogP contribution in [0.5, 0.6) is 0 Å². The maximum Gasteiger partial charge on any atom is 0.302 e. The van der Waals surface area contributed by atoms with Gasteiger partial charge in [-0.2, -0.15) is 9.97 Å². The lowest BCUT2D eigenvalue weighted by Gasteiger charge is -2.26. The molecule has 1 saturated carbocycles. The van der Waals surface area contributed by atoms with E-state index >= 15 is 0 Å². The number of esters is 1. The molecule has 1 aromatic rings. The van der Waals surface area contributed by atoms with Crippen molar-refractivity contribution in [1.29, 1.82) is 0 Å². The maximum atomic E-state index is 11.3. The summed E-state index contributed by atoms with van der Waals surface area (Å²) in [5.74, 6) is 3.47. The lowest BCUT2D eigenvalue weighted by atomic mass is 9.99. The highest BCUT2D eigenvalue weighted by Gasteiger charge is 2.53. The number of aromatic nitrogens is 2. The fourth-order valence-corrected chi connectivity index (χ4v) is 4.27. The molecule has 0 bridgehead atoms. The first kappa shape index (κ1) is 23.9. The first-order valence-electron chi connectivity index (χ1n) is 10.8. The number of hydrogen-bond acceptors (Lipinski definition) is 7. The monoisotopic (exact) mass is 418 g/mol. The lowest BCUT2D eigenvalue weighted by molar-refractivity contribution is -0.142. The highest BCUT2D eigenvalue weighted by Crippen LogP contribution is 2.50. The van der Waals surface area contributed by atoms with E-state index in [1.807, 2.05) is 26.0 Å². The van der Waals surface area contributed by atoms with E-state index in [2.05, 4.69) is 54.9 Å². The van der Waals surface area contributed by atoms with Crippen LogP contribution < -0.4 is 10.2 Å². The Morgan fingerprint density at radius 1 is 1.30 bits per heavy atom. The summed E-state index contributed by atoms with van der Waals surface area (Å²) >= 11 is 0. The molecule has 1 fully saturated rings. The van der Waals surface area contributed by atoms with Gasteiger partial charge in [0, 0.05) is 46.7 Å². The molecular formula is C22H38N6O2. The Kier molecular flexibility index (Phi) is 8.03. The van der Waals surface area contributed by atoms with Gasteiger partial charge in [-0.05, 0) is 30.1 Å². The van der Waals surface area contributed by atoms with E-state index < -0.39 is 0 Å². The Labute approximate surface area is 181 Å². The van der Waals surface area contributed by atoms with Crippen molar-refractivity contribution in [3.8, 4) is 0 Å². The molecule has 1 N–H and O–H groups in total. The van der Waals surface area contributed by atoms with Gasteiger partial charge in [-0.15, -0.1) is 0 Å². The molecule has 0 spiro atoms. The number of carbonyl (C=O) groups is 1. The number of nitrogens with zero attached hydrogens (tertiary/aromatic N) is 5. The van der Waals surface area contributed by atoms with Gasteiger partial charge in [0.05, 0.1) is 12.9 Å². The third kappa shape index (κ3) is 5.40. The van der Waals surface area contributed by atoms with Crippen molar-refractivity contribution in [2.24, 2.45) is 22.7 Å². The first-order chi connectivity index (χ1) is 14.1. The largest absolute Gasteiger partial charge is 0.466 e. The van der Waals surface area contributed by atoms with E-state index in [1.165, 1.54) is 6.92 Å². The van der Waals surface area contributed by atoms with Gasteiger partial charge in [-0.1, -0.05) is 27.7 Å². The molecule has 0 amide bonds. The zero-order valence-corrected chi connectivity index (χ0v) is 19.9. The minimum atomic E-state index is -0.216. The summed E-state index contributed by atoms with van der Waals surface area (Å²) < 4.78 is 5.33. The van der Waals surface area contributed by atoms with Crippen molar-refractivity contribution < 1.29 is 9.53 Å². The molecule has 168 valence electrons. The molecule has 4 atom stereocenters. The predicted molar refractivity (Wildman–Crippen MR) is 123 cm³/mol. The van der Waals surface area contributed by atoms with E-state index in [0.29, 0.717) is 42.2 Å². The van der Waals surface area contributed by atoms with Crippen molar-refractivity contribution in [1.82, 2.24) is 14.9 Å². The smallest absolute Gasteiger partial charge is 0.302 e. The highest BCUT2D eigenvalue weighted by molar-refractivity contribution is 5.68. The Morgan fingerprint density at radius 3 is 2.47 bits per heavy atom. The Morgan fingerprint density at radius 2 is 1.97 bits per heavy atom. The molecule has 0 aromatic carbocycles. The van der Waals surface area contributed by atoms with Crippen LogP contribution in [-0.4, -0.2) is 68.0 Å². The molecule has 30 heavy (non-hydrogen) atoms. The second kappa shape index (κ2) is 10.1. The summed E-state index contributed by atoms with van der Waals surface area (Å²) in [5, 5.41) is 3.07. The average molecular weight is 419 g/mol. The molecule has 8 nitrogen and oxygen atoms in total. The summed E-state index contributed by atoms with van der Waals surface area (Å²) in [6, 6.07) is 0.341. The molecule has 4 unspecified atom stereocenters. The van der Waals surface area contributed by atoms with E-state index in [1.54, 1.807) is 6.34 Å². The minimum Gasteiger partial charge on any atom is -0.466 e. The number of nitrogens with one attached hydrogen (secondary N) is 1. The molecule has 1 aromatic heterocycles. The summed E-state index contributed by atoms with van der Waals surface area (Å²) in [5.41, 5.74) is 1.04. The number of carbonyl (C=O) groups excluding carboxylic acids is 1. The SMILES string of the molecule is CCC(COC(C)=O)C1C(C)C1N(C)c1nc(NC)nc(/N=C/N(C)C)c1C(C)C. The van der Waals surface area contributed by atoms with Crippen LogP contribution in [0.1, 0.15) is 52.5 Å². The number of anilines is 2. The summed E-state index contributed by atoms with van der Waals surface area (Å²) in [6.07, 6.45) is 2.75. The second-order valence-electron chi connectivity index (χ2n) is 8.73. The first-order valence-corrected chi connectivity index (χ1v) is 10.8. The zero-order chi connectivity index (χ0) is 22.6. The minimum absolute atomic E-state index is 0.216. The van der Waals surface area contributed by atoms with Crippen LogP contribution >= 0.6 is 0 Å². The Balaban J connectivity index is 2.39. The number of ether oxygens (including phenoxy) is 1. The van der Waals surface area contributed by atoms with Gasteiger partial charge in [0.15, 0.2) is 5.82 Å². The van der Waals surface area contributed by atoms with Gasteiger partial charge in [-0.25, -0.2) is 4.99 Å². The van der Waals surface area contributed by atoms with Gasteiger partial charge in [0.2, 0.25) is 5.95 Å². The van der Waals surface area contributed by atoms with Crippen LogP contribution in [0.2, 0.25) is 0 Å². The molecule has 1 heterocycles. The molecule has 0 saturated heterocycles. The fourth-order valence-electron chi connectivity index (χ4n) is 4.27. The van der Waals surface area contributed by atoms with E-state index in [4.69, 9.17) is 9.72 Å². The van der Waals surface area contributed by atoms with Crippen LogP contribution in [0.15, 0.2) is 4.99 Å². The highest BCUT2D eigenvalue weighted by atomic mass is 16.5. The van der Waals surface area contributed by atoms with Gasteiger partial charge < -0.3 is 19.9 Å². The lowest BCUT2D eigenvalue weighted by Crippen LogP contribution is -2.28. The molecular weight excluding hydrogens is 380 g/mol. The van der Waals surface area contributed by atoms with E-state index in [0.717, 1.165) is 17.8 Å². The molecule has 1 aliphatic carbocycles. The van der Waals surface area contributed by atoms with Crippen molar-refractivity contribution >= 4 is 29.9 Å². The molecule has 8 heteroatoms. The third-order valence-electron chi connectivity index (χ3n) is 5.87. The van der Waals surface area contributed by atoms with Gasteiger partial charge in [-0.3, -0.25) is 4.79 Å². The maximum absolute atomic E-state index is 11.3. The summed E-state index contributed by atoms with van der Waals surface area (Å²) in [4.78, 5) is 29.5. The standard InChI is InChI=1S/C22H38N6O2/c1-10-16(11-30-15(5)29)18-14(4)19(18)28(9)21-17(13(2)3)20(24-12-27(7)8)25-22(23-6)26-21/h12-14,16,18-19H,10-11H2,1-9H3,(H,23,25,26)/b24-12+. The van der Waals surface area contributed by atoms with Crippen molar-refractivity contribution in [2.75, 3.05) is 45.0 Å². The molecule has 2 rings (SSSR count). The molecule has 0 aliphatic heterocycles. The Bertz CT molecular complexity index is 764. The third-order valence-corrected chi connectivity index (χ3v) is 5.87. The van der Waals surface area contributed by atoms with Crippen LogP contribution in [0.4, 0.5) is 17.6 Å². The van der Waals surface area contributed by atoms with E-state index in [9.17, 15) is 4.79 Å². The van der Waals surface area contributed by atoms with Gasteiger partial charge in [0.1, 0.15) is 5.82 Å². The number of hydrogen-bond donors (Lipinski definition) is 1. The predicted octanol–water partition coefficient (Wildman–Crippen LogP) is 3.52. The summed E-state index contributed by atoms with van der Waals surface area (Å²) in [6.45, 7) is 10.7. The van der Waals surface area contributed by atoms with Crippen LogP contribution in [0, 0.1) is 17.8 Å². The molecule has 0 radical (unpaired) electrons. The normalized spacial score (nSPS) is 21.6. The number of aliphatic imine (C=N–C) groups is 1.